The summed E-state index contributed by atoms with van der Waals surface area (Å²) in [7, 11) is -3.84. The first-order chi connectivity index (χ1) is 12.8. The van der Waals surface area contributed by atoms with E-state index in [9.17, 15) is 17.2 Å². The zero-order valence-electron chi connectivity index (χ0n) is 14.4. The van der Waals surface area contributed by atoms with Crippen molar-refractivity contribution in [2.45, 2.75) is 18.4 Å². The molecule has 0 saturated heterocycles. The van der Waals surface area contributed by atoms with Crippen molar-refractivity contribution in [3.8, 4) is 0 Å². The molecule has 1 heterocycles. The summed E-state index contributed by atoms with van der Waals surface area (Å²) >= 11 is 0. The van der Waals surface area contributed by atoms with Crippen molar-refractivity contribution in [3.05, 3.63) is 83.6 Å². The molecule has 0 radical (unpaired) electrons. The van der Waals surface area contributed by atoms with Crippen LogP contribution in [0, 0.1) is 18.6 Å². The van der Waals surface area contributed by atoms with Gasteiger partial charge in [-0.1, -0.05) is 12.1 Å². The largest absolute Gasteiger partial charge is 0.366 e. The molecule has 0 aliphatic rings. The lowest BCUT2D eigenvalue weighted by atomic mass is 10.2. The van der Waals surface area contributed by atoms with Crippen LogP contribution in [0.4, 0.5) is 20.3 Å². The molecule has 0 saturated carbocycles. The van der Waals surface area contributed by atoms with Crippen molar-refractivity contribution in [2.75, 3.05) is 10.0 Å². The topological polar surface area (TPSA) is 71.1 Å². The van der Waals surface area contributed by atoms with Crippen LogP contribution in [-0.4, -0.2) is 13.4 Å². The van der Waals surface area contributed by atoms with E-state index in [0.29, 0.717) is 12.4 Å². The van der Waals surface area contributed by atoms with Gasteiger partial charge in [0.1, 0.15) is 17.5 Å². The average Bonchev–Trinajstić information content (AvgIpc) is 2.64. The van der Waals surface area contributed by atoms with Crippen LogP contribution in [0.25, 0.3) is 0 Å². The van der Waals surface area contributed by atoms with E-state index in [0.717, 1.165) is 11.6 Å². The van der Waals surface area contributed by atoms with Gasteiger partial charge in [-0.05, 0) is 60.5 Å². The molecule has 0 aliphatic heterocycles. The number of halogens is 2. The summed E-state index contributed by atoms with van der Waals surface area (Å²) in [4.78, 5) is 4.12. The number of nitrogens with zero attached hydrogens (tertiary/aromatic N) is 1. The minimum Gasteiger partial charge on any atom is -0.366 e. The lowest BCUT2D eigenvalue weighted by molar-refractivity contribution is 0.598. The SMILES string of the molecule is Cc1cc(S(=O)(=O)Nc2ccc(NCc3ccc(F)cc3)nc2)ccc1F. The van der Waals surface area contributed by atoms with Gasteiger partial charge in [-0.3, -0.25) is 4.72 Å². The molecule has 3 aromatic rings. The number of sulfonamides is 1. The van der Waals surface area contributed by atoms with Gasteiger partial charge in [-0.25, -0.2) is 22.2 Å². The molecule has 0 atom stereocenters. The van der Waals surface area contributed by atoms with Crippen LogP contribution >= 0.6 is 0 Å². The van der Waals surface area contributed by atoms with E-state index >= 15 is 0 Å². The monoisotopic (exact) mass is 389 g/mol. The molecule has 0 amide bonds. The number of nitrogens with one attached hydrogen (secondary N) is 2. The number of aryl methyl sites for hydroxylation is 1. The van der Waals surface area contributed by atoms with Gasteiger partial charge < -0.3 is 5.32 Å². The van der Waals surface area contributed by atoms with Crippen molar-refractivity contribution < 1.29 is 17.2 Å². The highest BCUT2D eigenvalue weighted by molar-refractivity contribution is 7.92. The molecule has 0 bridgehead atoms. The van der Waals surface area contributed by atoms with Crippen LogP contribution < -0.4 is 10.0 Å². The molecule has 2 N–H and O–H groups in total. The van der Waals surface area contributed by atoms with E-state index in [1.807, 2.05) is 0 Å². The van der Waals surface area contributed by atoms with Gasteiger partial charge in [0.15, 0.2) is 0 Å². The van der Waals surface area contributed by atoms with Crippen LogP contribution in [0.15, 0.2) is 65.7 Å². The second-order valence-corrected chi connectivity index (χ2v) is 7.61. The Hall–Kier alpha value is -3.00. The summed E-state index contributed by atoms with van der Waals surface area (Å²) in [5, 5.41) is 3.06. The molecule has 3 rings (SSSR count). The average molecular weight is 389 g/mol. The van der Waals surface area contributed by atoms with E-state index in [2.05, 4.69) is 15.0 Å². The Morgan fingerprint density at radius 1 is 1.00 bits per heavy atom. The molecule has 0 spiro atoms. The smallest absolute Gasteiger partial charge is 0.261 e. The van der Waals surface area contributed by atoms with E-state index < -0.39 is 15.8 Å². The first-order valence-electron chi connectivity index (χ1n) is 8.07. The Morgan fingerprint density at radius 2 is 1.74 bits per heavy atom. The maximum atomic E-state index is 13.3. The van der Waals surface area contributed by atoms with Crippen LogP contribution in [-0.2, 0) is 16.6 Å². The van der Waals surface area contributed by atoms with Crippen LogP contribution in [0.3, 0.4) is 0 Å². The Balaban J connectivity index is 1.66. The van der Waals surface area contributed by atoms with Crippen molar-refractivity contribution in [2.24, 2.45) is 0 Å². The fourth-order valence-corrected chi connectivity index (χ4v) is 3.48. The second kappa shape index (κ2) is 7.71. The van der Waals surface area contributed by atoms with Gasteiger partial charge in [0.2, 0.25) is 0 Å². The van der Waals surface area contributed by atoms with E-state index in [-0.39, 0.29) is 22.0 Å². The van der Waals surface area contributed by atoms with Crippen LogP contribution in [0.5, 0.6) is 0 Å². The Labute approximate surface area is 156 Å². The highest BCUT2D eigenvalue weighted by Crippen LogP contribution is 2.19. The van der Waals surface area contributed by atoms with Crippen molar-refractivity contribution in [1.82, 2.24) is 4.98 Å². The van der Waals surface area contributed by atoms with Crippen molar-refractivity contribution >= 4 is 21.5 Å². The Bertz CT molecular complexity index is 1040. The van der Waals surface area contributed by atoms with E-state index in [4.69, 9.17) is 0 Å². The molecule has 0 fully saturated rings. The summed E-state index contributed by atoms with van der Waals surface area (Å²) < 4.78 is 53.4. The Kier molecular flexibility index (Phi) is 5.36. The minimum absolute atomic E-state index is 0.0279. The third-order valence-corrected chi connectivity index (χ3v) is 5.22. The van der Waals surface area contributed by atoms with Gasteiger partial charge >= 0.3 is 0 Å². The zero-order chi connectivity index (χ0) is 19.4. The second-order valence-electron chi connectivity index (χ2n) is 5.93. The highest BCUT2D eigenvalue weighted by Gasteiger charge is 2.15. The zero-order valence-corrected chi connectivity index (χ0v) is 15.2. The van der Waals surface area contributed by atoms with Crippen LogP contribution in [0.1, 0.15) is 11.1 Å². The number of hydrogen-bond acceptors (Lipinski definition) is 4. The number of anilines is 2. The molecule has 0 aliphatic carbocycles. The first kappa shape index (κ1) is 18.8. The summed E-state index contributed by atoms with van der Waals surface area (Å²) in [6, 6.07) is 12.8. The van der Waals surface area contributed by atoms with Crippen molar-refractivity contribution in [3.63, 3.8) is 0 Å². The van der Waals surface area contributed by atoms with Gasteiger partial charge in [0.25, 0.3) is 10.0 Å². The lowest BCUT2D eigenvalue weighted by Crippen LogP contribution is -2.13. The third kappa shape index (κ3) is 4.79. The van der Waals surface area contributed by atoms with E-state index in [1.54, 1.807) is 24.3 Å². The first-order valence-corrected chi connectivity index (χ1v) is 9.55. The lowest BCUT2D eigenvalue weighted by Gasteiger charge is -2.10. The molecule has 0 unspecified atom stereocenters. The van der Waals surface area contributed by atoms with Gasteiger partial charge in [-0.15, -0.1) is 0 Å². The van der Waals surface area contributed by atoms with Gasteiger partial charge in [0.05, 0.1) is 16.8 Å². The molecule has 1 aromatic heterocycles. The van der Waals surface area contributed by atoms with Crippen LogP contribution in [0.2, 0.25) is 0 Å². The Morgan fingerprint density at radius 3 is 2.37 bits per heavy atom. The fraction of sp³-hybridized carbons (Fsp3) is 0.105. The standard InChI is InChI=1S/C19H17F2N3O2S/c1-13-10-17(7-8-18(13)21)27(25,26)24-16-6-9-19(23-12-16)22-11-14-2-4-15(20)5-3-14/h2-10,12,24H,11H2,1H3,(H,22,23). The summed E-state index contributed by atoms with van der Waals surface area (Å²) in [6.45, 7) is 1.95. The summed E-state index contributed by atoms with van der Waals surface area (Å²) in [5.41, 5.74) is 1.41. The predicted molar refractivity (Wildman–Crippen MR) is 99.9 cm³/mol. The highest BCUT2D eigenvalue weighted by atomic mass is 32.2. The summed E-state index contributed by atoms with van der Waals surface area (Å²) in [5.74, 6) is -0.225. The number of aromatic nitrogens is 1. The normalized spacial score (nSPS) is 11.2. The molecular formula is C19H17F2N3O2S. The van der Waals surface area contributed by atoms with Gasteiger partial charge in [0, 0.05) is 6.54 Å². The number of rotatable bonds is 6. The predicted octanol–water partition coefficient (Wildman–Crippen LogP) is 4.08. The molecule has 5 nitrogen and oxygen atoms in total. The molecule has 140 valence electrons. The number of pyridine rings is 1. The molecule has 27 heavy (non-hydrogen) atoms. The fourth-order valence-electron chi connectivity index (χ4n) is 2.35. The molecule has 8 heteroatoms. The van der Waals surface area contributed by atoms with E-state index in [1.165, 1.54) is 37.4 Å². The molecular weight excluding hydrogens is 372 g/mol. The number of hydrogen-bond donors (Lipinski definition) is 2. The number of benzene rings is 2. The maximum absolute atomic E-state index is 13.3. The maximum Gasteiger partial charge on any atom is 0.261 e. The molecule has 2 aromatic carbocycles. The minimum atomic E-state index is -3.84. The quantitative estimate of drug-likeness (QED) is 0.666. The third-order valence-electron chi connectivity index (χ3n) is 3.84. The van der Waals surface area contributed by atoms with Gasteiger partial charge in [-0.2, -0.15) is 0 Å². The summed E-state index contributed by atoms with van der Waals surface area (Å²) in [6.07, 6.45) is 1.38. The van der Waals surface area contributed by atoms with Crippen molar-refractivity contribution in [1.29, 1.82) is 0 Å².